The van der Waals surface area contributed by atoms with E-state index in [0.29, 0.717) is 0 Å². The molecule has 0 bridgehead atoms. The standard InChI is InChI=1S/C18H18F4N4O2.C2HF3O2/c1-9-24-7-13(28-9)14(27)25-10-4-5-12(19)11(6-10)17(3)18(21,22)8-16(2,20)15(23)26-17;3-2(4,5)1(6)7/h4-7H,8H2,1-3H3,(H2,23,26)(H,25,27);(H,6,7)/t16-,17-;/m1./s1. The molecule has 1 aliphatic heterocycles. The number of amidine groups is 1. The normalized spacial score (nSPS) is 23.5. The van der Waals surface area contributed by atoms with Crippen LogP contribution in [0, 0.1) is 12.7 Å². The molecule has 8 nitrogen and oxygen atoms in total. The van der Waals surface area contributed by atoms with Crippen molar-refractivity contribution >= 4 is 23.4 Å². The number of carboxylic acids is 1. The molecule has 2 atom stereocenters. The van der Waals surface area contributed by atoms with Crippen molar-refractivity contribution in [3.05, 3.63) is 47.4 Å². The summed E-state index contributed by atoms with van der Waals surface area (Å²) >= 11 is 0. The number of carboxylic acid groups (broad SMARTS) is 1. The highest BCUT2D eigenvalue weighted by atomic mass is 19.4. The number of carbonyl (C=O) groups is 2. The van der Waals surface area contributed by atoms with Crippen LogP contribution in [-0.2, 0) is 10.3 Å². The van der Waals surface area contributed by atoms with Gasteiger partial charge < -0.3 is 20.6 Å². The van der Waals surface area contributed by atoms with Gasteiger partial charge in [0.05, 0.1) is 12.6 Å². The maximum atomic E-state index is 14.8. The predicted octanol–water partition coefficient (Wildman–Crippen LogP) is 4.35. The van der Waals surface area contributed by atoms with E-state index in [0.717, 1.165) is 26.0 Å². The van der Waals surface area contributed by atoms with Gasteiger partial charge >= 0.3 is 12.1 Å². The molecular formula is C20H19F7N4O4. The average Bonchev–Trinajstić information content (AvgIpc) is 3.13. The first-order valence-corrected chi connectivity index (χ1v) is 9.56. The number of halogens is 7. The lowest BCUT2D eigenvalue weighted by Crippen LogP contribution is -2.56. The fraction of sp³-hybridized carbons (Fsp3) is 0.400. The van der Waals surface area contributed by atoms with Crippen molar-refractivity contribution in [2.75, 3.05) is 5.32 Å². The highest BCUT2D eigenvalue weighted by Crippen LogP contribution is 2.50. The minimum Gasteiger partial charge on any atom is -0.475 e. The average molecular weight is 512 g/mol. The van der Waals surface area contributed by atoms with Gasteiger partial charge in [0.15, 0.2) is 17.1 Å². The molecular weight excluding hydrogens is 493 g/mol. The van der Waals surface area contributed by atoms with Crippen LogP contribution in [0.15, 0.2) is 33.8 Å². The molecule has 0 aliphatic carbocycles. The van der Waals surface area contributed by atoms with E-state index in [1.54, 1.807) is 6.92 Å². The number of hydrogen-bond donors (Lipinski definition) is 3. The number of benzene rings is 1. The number of oxazole rings is 1. The van der Waals surface area contributed by atoms with Gasteiger partial charge in [-0.05, 0) is 32.0 Å². The number of anilines is 1. The molecule has 1 aliphatic rings. The quantitative estimate of drug-likeness (QED) is 0.525. The molecule has 15 heteroatoms. The third-order valence-corrected chi connectivity index (χ3v) is 4.98. The van der Waals surface area contributed by atoms with E-state index in [-0.39, 0.29) is 17.3 Å². The molecule has 35 heavy (non-hydrogen) atoms. The summed E-state index contributed by atoms with van der Waals surface area (Å²) in [5, 5.41) is 9.54. The molecule has 0 saturated heterocycles. The summed E-state index contributed by atoms with van der Waals surface area (Å²) in [6.07, 6.45) is -5.14. The Hall–Kier alpha value is -3.65. The molecule has 192 valence electrons. The minimum atomic E-state index is -5.08. The van der Waals surface area contributed by atoms with Crippen LogP contribution in [0.25, 0.3) is 0 Å². The number of amides is 1. The van der Waals surface area contributed by atoms with Gasteiger partial charge in [0.25, 0.3) is 11.8 Å². The van der Waals surface area contributed by atoms with Gasteiger partial charge in [0.1, 0.15) is 11.7 Å². The van der Waals surface area contributed by atoms with Gasteiger partial charge in [-0.3, -0.25) is 9.79 Å². The molecule has 1 aromatic heterocycles. The van der Waals surface area contributed by atoms with Gasteiger partial charge in [-0.25, -0.2) is 27.3 Å². The van der Waals surface area contributed by atoms with Gasteiger partial charge in [-0.15, -0.1) is 0 Å². The molecule has 0 fully saturated rings. The lowest BCUT2D eigenvalue weighted by atomic mass is 9.77. The Morgan fingerprint density at radius 3 is 2.26 bits per heavy atom. The predicted molar refractivity (Wildman–Crippen MR) is 107 cm³/mol. The highest BCUT2D eigenvalue weighted by molar-refractivity contribution is 6.02. The zero-order valence-corrected chi connectivity index (χ0v) is 18.3. The van der Waals surface area contributed by atoms with E-state index < -0.39 is 58.8 Å². The SMILES string of the molecule is Cc1ncc(C(=O)Nc2ccc(F)c([C@@]3(C)N=C(N)[C@](C)(F)CC3(F)F)c2)o1.O=C(O)C(F)(F)F. The third kappa shape index (κ3) is 5.89. The summed E-state index contributed by atoms with van der Waals surface area (Å²) in [5.41, 5.74) is 0.0549. The van der Waals surface area contributed by atoms with E-state index in [4.69, 9.17) is 20.1 Å². The second-order valence-corrected chi connectivity index (χ2v) is 7.84. The van der Waals surface area contributed by atoms with Crippen LogP contribution in [0.1, 0.15) is 42.3 Å². The lowest BCUT2D eigenvalue weighted by Gasteiger charge is -2.42. The van der Waals surface area contributed by atoms with Crippen molar-refractivity contribution in [2.45, 2.75) is 50.5 Å². The smallest absolute Gasteiger partial charge is 0.475 e. The molecule has 3 rings (SSSR count). The van der Waals surface area contributed by atoms with Crippen LogP contribution in [0.5, 0.6) is 0 Å². The number of nitrogens with zero attached hydrogens (tertiary/aromatic N) is 2. The number of rotatable bonds is 3. The summed E-state index contributed by atoms with van der Waals surface area (Å²) in [5.74, 6) is -8.66. The topological polar surface area (TPSA) is 131 Å². The van der Waals surface area contributed by atoms with E-state index >= 15 is 0 Å². The van der Waals surface area contributed by atoms with Gasteiger partial charge in [-0.2, -0.15) is 13.2 Å². The highest BCUT2D eigenvalue weighted by Gasteiger charge is 2.60. The van der Waals surface area contributed by atoms with Crippen molar-refractivity contribution in [3.63, 3.8) is 0 Å². The maximum Gasteiger partial charge on any atom is 0.490 e. The number of hydrogen-bond acceptors (Lipinski definition) is 6. The summed E-state index contributed by atoms with van der Waals surface area (Å²) in [7, 11) is 0. The number of aliphatic carboxylic acids is 1. The number of aromatic nitrogens is 1. The zero-order chi connectivity index (χ0) is 27.0. The van der Waals surface area contributed by atoms with Crippen molar-refractivity contribution in [3.8, 4) is 0 Å². The first-order chi connectivity index (χ1) is 15.8. The van der Waals surface area contributed by atoms with Gasteiger partial charge in [0.2, 0.25) is 5.76 Å². The Bertz CT molecular complexity index is 1160. The maximum absolute atomic E-state index is 14.8. The number of carbonyl (C=O) groups excluding carboxylic acids is 1. The van der Waals surface area contributed by atoms with Crippen molar-refractivity contribution in [1.29, 1.82) is 0 Å². The third-order valence-electron chi connectivity index (χ3n) is 4.98. The van der Waals surface area contributed by atoms with E-state index in [2.05, 4.69) is 15.3 Å². The van der Waals surface area contributed by atoms with E-state index in [1.165, 1.54) is 12.3 Å². The first kappa shape index (κ1) is 27.6. The second-order valence-electron chi connectivity index (χ2n) is 7.84. The Morgan fingerprint density at radius 2 is 1.77 bits per heavy atom. The van der Waals surface area contributed by atoms with Crippen LogP contribution < -0.4 is 11.1 Å². The van der Waals surface area contributed by atoms with Crippen molar-refractivity contribution in [2.24, 2.45) is 10.7 Å². The van der Waals surface area contributed by atoms with E-state index in [1.807, 2.05) is 0 Å². The molecule has 1 aromatic carbocycles. The first-order valence-electron chi connectivity index (χ1n) is 9.56. The lowest BCUT2D eigenvalue weighted by molar-refractivity contribution is -0.192. The van der Waals surface area contributed by atoms with Crippen LogP contribution in [0.4, 0.5) is 36.4 Å². The van der Waals surface area contributed by atoms with Crippen molar-refractivity contribution in [1.82, 2.24) is 4.98 Å². The van der Waals surface area contributed by atoms with Crippen LogP contribution >= 0.6 is 0 Å². The van der Waals surface area contributed by atoms with Crippen molar-refractivity contribution < 1.29 is 49.8 Å². The van der Waals surface area contributed by atoms with Crippen LogP contribution in [-0.4, -0.2) is 45.6 Å². The van der Waals surface area contributed by atoms with Gasteiger partial charge in [-0.1, -0.05) is 0 Å². The molecule has 2 heterocycles. The van der Waals surface area contributed by atoms with Gasteiger partial charge in [0, 0.05) is 18.2 Å². The number of alkyl halides is 6. The Morgan fingerprint density at radius 1 is 1.20 bits per heavy atom. The summed E-state index contributed by atoms with van der Waals surface area (Å²) in [4.78, 5) is 28.5. The second kappa shape index (κ2) is 9.19. The Balaban J connectivity index is 0.000000540. The zero-order valence-electron chi connectivity index (χ0n) is 18.3. The summed E-state index contributed by atoms with van der Waals surface area (Å²) in [6, 6.07) is 3.12. The molecule has 2 aromatic rings. The monoisotopic (exact) mass is 512 g/mol. The largest absolute Gasteiger partial charge is 0.490 e. The fourth-order valence-corrected chi connectivity index (χ4v) is 3.01. The van der Waals surface area contributed by atoms with E-state index in [9.17, 15) is 35.5 Å². The number of nitrogens with two attached hydrogens (primary N) is 1. The Labute approximate surface area is 193 Å². The Kier molecular flexibility index (Phi) is 7.24. The molecule has 4 N–H and O–H groups in total. The summed E-state index contributed by atoms with van der Waals surface area (Å²) in [6.45, 7) is 3.41. The molecule has 0 saturated carbocycles. The fourth-order valence-electron chi connectivity index (χ4n) is 3.01. The molecule has 1 amide bonds. The number of nitrogens with one attached hydrogen (secondary N) is 1. The molecule has 0 radical (unpaired) electrons. The summed E-state index contributed by atoms with van der Waals surface area (Å²) < 4.78 is 95.1. The molecule has 0 spiro atoms. The number of aryl methyl sites for hydroxylation is 1. The van der Waals surface area contributed by atoms with Crippen LogP contribution in [0.2, 0.25) is 0 Å². The molecule has 0 unspecified atom stereocenters. The number of aliphatic imine (C=N–C) groups is 1. The van der Waals surface area contributed by atoms with Crippen LogP contribution in [0.3, 0.4) is 0 Å². The minimum absolute atomic E-state index is 0.0230.